The molecule has 0 saturated heterocycles. The first-order valence-corrected chi connectivity index (χ1v) is 11.3. The van der Waals surface area contributed by atoms with Crippen LogP contribution in [0.3, 0.4) is 0 Å². The van der Waals surface area contributed by atoms with Crippen LogP contribution in [0.2, 0.25) is 0 Å². The molecule has 1 heterocycles. The zero-order chi connectivity index (χ0) is 25.7. The number of methoxy groups -OCH3 is 4. The number of anilines is 1. The highest BCUT2D eigenvalue weighted by Gasteiger charge is 2.24. The summed E-state index contributed by atoms with van der Waals surface area (Å²) in [5.74, 6) is 1.65. The van der Waals surface area contributed by atoms with Crippen LogP contribution in [0, 0.1) is 5.92 Å². The van der Waals surface area contributed by atoms with Gasteiger partial charge in [-0.15, -0.1) is 0 Å². The largest absolute Gasteiger partial charge is 0.495 e. The number of carbonyl (C=O) groups is 1. The molecule has 188 valence electrons. The molecular weight excluding hydrogens is 474 g/mol. The quantitative estimate of drug-likeness (QED) is 0.389. The number of aromatic nitrogens is 1. The number of nitrogens with zero attached hydrogens (tertiary/aromatic N) is 2. The Morgan fingerprint density at radius 2 is 1.63 bits per heavy atom. The summed E-state index contributed by atoms with van der Waals surface area (Å²) < 4.78 is 28.1. The van der Waals surface area contributed by atoms with Crippen molar-refractivity contribution >= 4 is 23.4 Å². The van der Waals surface area contributed by atoms with E-state index in [0.29, 0.717) is 51.1 Å². The van der Waals surface area contributed by atoms with Gasteiger partial charge < -0.3 is 29.2 Å². The number of rotatable bonds is 10. The summed E-state index contributed by atoms with van der Waals surface area (Å²) in [7, 11) is 6.12. The standard InChI is InChI=1S/C25H30ClN3O6/c1-14(2)18(27)12-23(30)29(26)19-9-15(7-8-20(19)31-3)17-13-35-28-24(17)16-10-21(32-4)25(34-6)22(11-16)33-5/h7-11,13-14,18H,12,27H2,1-6H3. The number of hydrogen-bond donors (Lipinski definition) is 1. The fourth-order valence-corrected chi connectivity index (χ4v) is 3.73. The molecule has 0 saturated carbocycles. The minimum Gasteiger partial charge on any atom is -0.495 e. The molecule has 3 rings (SSSR count). The second-order valence-electron chi connectivity index (χ2n) is 8.16. The minimum absolute atomic E-state index is 0.0957. The van der Waals surface area contributed by atoms with E-state index in [4.69, 9.17) is 41.0 Å². The smallest absolute Gasteiger partial charge is 0.243 e. The molecule has 9 nitrogen and oxygen atoms in total. The molecule has 2 aromatic carbocycles. The summed E-state index contributed by atoms with van der Waals surface area (Å²) in [6, 6.07) is 8.52. The lowest BCUT2D eigenvalue weighted by Gasteiger charge is -2.21. The van der Waals surface area contributed by atoms with E-state index in [-0.39, 0.29) is 24.3 Å². The third-order valence-electron chi connectivity index (χ3n) is 5.69. The number of ether oxygens (including phenoxy) is 4. The average molecular weight is 504 g/mol. The topological polar surface area (TPSA) is 109 Å². The van der Waals surface area contributed by atoms with Crippen LogP contribution in [-0.2, 0) is 4.79 Å². The lowest BCUT2D eigenvalue weighted by atomic mass is 10.00. The molecule has 1 aromatic heterocycles. The highest BCUT2D eigenvalue weighted by Crippen LogP contribution is 2.44. The first-order chi connectivity index (χ1) is 16.7. The first kappa shape index (κ1) is 26.2. The number of carbonyl (C=O) groups excluding carboxylic acids is 1. The van der Waals surface area contributed by atoms with Crippen molar-refractivity contribution in [2.24, 2.45) is 11.7 Å². The second-order valence-corrected chi connectivity index (χ2v) is 8.50. The fourth-order valence-electron chi connectivity index (χ4n) is 3.53. The second kappa shape index (κ2) is 11.3. The van der Waals surface area contributed by atoms with Gasteiger partial charge in [-0.05, 0) is 35.7 Å². The summed E-state index contributed by atoms with van der Waals surface area (Å²) in [5, 5.41) is 4.19. The van der Waals surface area contributed by atoms with Crippen molar-refractivity contribution in [3.05, 3.63) is 36.6 Å². The molecule has 0 aliphatic carbocycles. The maximum absolute atomic E-state index is 12.8. The lowest BCUT2D eigenvalue weighted by molar-refractivity contribution is -0.118. The number of halogens is 1. The molecule has 1 atom stereocenters. The maximum Gasteiger partial charge on any atom is 0.243 e. The van der Waals surface area contributed by atoms with Gasteiger partial charge in [0.15, 0.2) is 11.5 Å². The van der Waals surface area contributed by atoms with Crippen LogP contribution < -0.4 is 29.1 Å². The van der Waals surface area contributed by atoms with E-state index < -0.39 is 0 Å². The molecule has 0 bridgehead atoms. The van der Waals surface area contributed by atoms with Crippen molar-refractivity contribution in [3.8, 4) is 45.4 Å². The van der Waals surface area contributed by atoms with E-state index in [9.17, 15) is 4.79 Å². The maximum atomic E-state index is 12.8. The Morgan fingerprint density at radius 1 is 1.00 bits per heavy atom. The molecular formula is C25H30ClN3O6. The van der Waals surface area contributed by atoms with Gasteiger partial charge in [0.25, 0.3) is 0 Å². The van der Waals surface area contributed by atoms with Crippen molar-refractivity contribution in [3.63, 3.8) is 0 Å². The van der Waals surface area contributed by atoms with Crippen LogP contribution in [-0.4, -0.2) is 45.5 Å². The highest BCUT2D eigenvalue weighted by molar-refractivity contribution is 6.37. The predicted molar refractivity (Wildman–Crippen MR) is 134 cm³/mol. The van der Waals surface area contributed by atoms with Crippen LogP contribution in [0.4, 0.5) is 5.69 Å². The molecule has 0 radical (unpaired) electrons. The van der Waals surface area contributed by atoms with Crippen molar-refractivity contribution in [2.75, 3.05) is 32.9 Å². The normalized spacial score (nSPS) is 11.8. The molecule has 0 aliphatic rings. The fraction of sp³-hybridized carbons (Fsp3) is 0.360. The molecule has 3 aromatic rings. The minimum atomic E-state index is -0.335. The molecule has 0 fully saturated rings. The van der Waals surface area contributed by atoms with Gasteiger partial charge in [0.2, 0.25) is 11.7 Å². The SMILES string of the molecule is COc1ccc(-c2conc2-c2cc(OC)c(OC)c(OC)c2)cc1N(Cl)C(=O)CC(N)C(C)C. The molecule has 1 amide bonds. The monoisotopic (exact) mass is 503 g/mol. The molecule has 35 heavy (non-hydrogen) atoms. The Labute approximate surface area is 209 Å². The van der Waals surface area contributed by atoms with E-state index in [1.807, 2.05) is 19.9 Å². The third kappa shape index (κ3) is 5.47. The average Bonchev–Trinajstić information content (AvgIpc) is 3.36. The number of benzene rings is 2. The third-order valence-corrected chi connectivity index (χ3v) is 6.07. The molecule has 1 unspecified atom stereocenters. The van der Waals surface area contributed by atoms with Gasteiger partial charge in [0.05, 0.1) is 28.4 Å². The van der Waals surface area contributed by atoms with E-state index in [0.717, 1.165) is 4.42 Å². The molecule has 0 aliphatic heterocycles. The summed E-state index contributed by atoms with van der Waals surface area (Å²) in [6.45, 7) is 3.91. The van der Waals surface area contributed by atoms with Crippen LogP contribution >= 0.6 is 11.8 Å². The number of nitrogens with two attached hydrogens (primary N) is 1. The van der Waals surface area contributed by atoms with Crippen LogP contribution in [0.1, 0.15) is 20.3 Å². The van der Waals surface area contributed by atoms with Gasteiger partial charge in [-0.25, -0.2) is 4.42 Å². The summed E-state index contributed by atoms with van der Waals surface area (Å²) in [5.41, 5.74) is 9.05. The Hall–Kier alpha value is -3.43. The molecule has 0 spiro atoms. The first-order valence-electron chi connectivity index (χ1n) is 10.9. The van der Waals surface area contributed by atoms with Crippen molar-refractivity contribution in [1.82, 2.24) is 5.16 Å². The summed E-state index contributed by atoms with van der Waals surface area (Å²) in [6.07, 6.45) is 1.61. The van der Waals surface area contributed by atoms with Gasteiger partial charge in [0, 0.05) is 35.4 Å². The Morgan fingerprint density at radius 3 is 2.17 bits per heavy atom. The molecule has 10 heteroatoms. The van der Waals surface area contributed by atoms with Gasteiger partial charge >= 0.3 is 0 Å². The van der Waals surface area contributed by atoms with Crippen molar-refractivity contribution in [2.45, 2.75) is 26.3 Å². The van der Waals surface area contributed by atoms with E-state index >= 15 is 0 Å². The number of amides is 1. The predicted octanol–water partition coefficient (Wildman–Crippen LogP) is 4.90. The van der Waals surface area contributed by atoms with Gasteiger partial charge in [-0.2, -0.15) is 0 Å². The highest BCUT2D eigenvalue weighted by atomic mass is 35.5. The van der Waals surface area contributed by atoms with Crippen molar-refractivity contribution in [1.29, 1.82) is 0 Å². The number of hydrogen-bond acceptors (Lipinski definition) is 8. The zero-order valence-electron chi connectivity index (χ0n) is 20.6. The van der Waals surface area contributed by atoms with Gasteiger partial charge in [-0.1, -0.05) is 25.1 Å². The van der Waals surface area contributed by atoms with Crippen molar-refractivity contribution < 1.29 is 28.3 Å². The van der Waals surface area contributed by atoms with Crippen LogP contribution in [0.5, 0.6) is 23.0 Å². The Kier molecular flexibility index (Phi) is 8.48. The Bertz CT molecular complexity index is 1150. The van der Waals surface area contributed by atoms with E-state index in [1.165, 1.54) is 34.7 Å². The summed E-state index contributed by atoms with van der Waals surface area (Å²) >= 11 is 6.45. The zero-order valence-corrected chi connectivity index (χ0v) is 21.4. The summed E-state index contributed by atoms with van der Waals surface area (Å²) in [4.78, 5) is 12.8. The van der Waals surface area contributed by atoms with Crippen LogP contribution in [0.15, 0.2) is 41.1 Å². The van der Waals surface area contributed by atoms with Gasteiger partial charge in [0.1, 0.15) is 23.4 Å². The lowest BCUT2D eigenvalue weighted by Crippen LogP contribution is -2.34. The van der Waals surface area contributed by atoms with Crippen LogP contribution in [0.25, 0.3) is 22.4 Å². The van der Waals surface area contributed by atoms with E-state index in [2.05, 4.69) is 5.16 Å². The van der Waals surface area contributed by atoms with Gasteiger partial charge in [-0.3, -0.25) is 4.79 Å². The Balaban J connectivity index is 2.05. The van der Waals surface area contributed by atoms with E-state index in [1.54, 1.807) is 24.3 Å². The molecule has 2 N–H and O–H groups in total.